The summed E-state index contributed by atoms with van der Waals surface area (Å²) in [5.41, 5.74) is 1.68. The lowest BCUT2D eigenvalue weighted by Crippen LogP contribution is -2.24. The van der Waals surface area contributed by atoms with Crippen LogP contribution in [0, 0.1) is 11.8 Å². The first-order chi connectivity index (χ1) is 11.6. The first-order valence-corrected chi connectivity index (χ1v) is 7.94. The van der Waals surface area contributed by atoms with Crippen LogP contribution in [0.15, 0.2) is 47.9 Å². The molecule has 0 bridgehead atoms. The number of carboxylic acids is 1. The lowest BCUT2D eigenvalue weighted by atomic mass is 10.2. The Balaban J connectivity index is 1.73. The van der Waals surface area contributed by atoms with Gasteiger partial charge in [-0.3, -0.25) is 0 Å². The molecule has 24 heavy (non-hydrogen) atoms. The van der Waals surface area contributed by atoms with E-state index in [1.165, 1.54) is 17.4 Å². The highest BCUT2D eigenvalue weighted by Gasteiger charge is 2.00. The van der Waals surface area contributed by atoms with Gasteiger partial charge in [0.1, 0.15) is 6.61 Å². The van der Waals surface area contributed by atoms with Gasteiger partial charge in [-0.05, 0) is 17.7 Å². The number of hydrogen-bond donors (Lipinski definition) is 2. The van der Waals surface area contributed by atoms with Crippen LogP contribution in [0.3, 0.4) is 0 Å². The number of benzene rings is 1. The van der Waals surface area contributed by atoms with Gasteiger partial charge in [0.15, 0.2) is 0 Å². The second kappa shape index (κ2) is 9.18. The Bertz CT molecular complexity index is 784. The first-order valence-electron chi connectivity index (χ1n) is 7.06. The summed E-state index contributed by atoms with van der Waals surface area (Å²) in [7, 11) is 0. The van der Waals surface area contributed by atoms with Crippen LogP contribution >= 0.6 is 11.3 Å². The van der Waals surface area contributed by atoms with E-state index in [9.17, 15) is 9.59 Å². The number of alkyl carbamates (subject to hydrolysis) is 1. The molecule has 5 nitrogen and oxygen atoms in total. The van der Waals surface area contributed by atoms with Crippen LogP contribution in [-0.2, 0) is 16.1 Å². The number of hydrogen-bond acceptors (Lipinski definition) is 4. The number of rotatable bonds is 5. The maximum atomic E-state index is 11.5. The molecule has 0 saturated carbocycles. The molecule has 122 valence electrons. The summed E-state index contributed by atoms with van der Waals surface area (Å²) < 4.78 is 5.06. The predicted molar refractivity (Wildman–Crippen MR) is 92.5 cm³/mol. The molecule has 0 atom stereocenters. The molecular formula is C18H15NO4S. The Labute approximate surface area is 143 Å². The van der Waals surface area contributed by atoms with Crippen LogP contribution in [0.1, 0.15) is 16.0 Å². The molecule has 1 aromatic carbocycles. The Kier molecular flexibility index (Phi) is 6.62. The Morgan fingerprint density at radius 3 is 2.83 bits per heavy atom. The number of carbonyl (C=O) groups is 2. The molecule has 0 aliphatic heterocycles. The molecule has 0 unspecified atom stereocenters. The summed E-state index contributed by atoms with van der Waals surface area (Å²) in [6, 6.07) is 11.2. The van der Waals surface area contributed by atoms with E-state index in [-0.39, 0.29) is 13.2 Å². The topological polar surface area (TPSA) is 75.6 Å². The van der Waals surface area contributed by atoms with Crippen molar-refractivity contribution >= 4 is 29.5 Å². The quantitative estimate of drug-likeness (QED) is 0.647. The standard InChI is InChI=1S/C18H15NO4S/c20-17(21)9-8-16-11-15(13-24-16)7-4-10-19-18(22)23-12-14-5-2-1-3-6-14/h1-3,5-6,8-9,11,13H,10,12H2,(H,19,22)(H,20,21)/b9-8+. The fraction of sp³-hybridized carbons (Fsp3) is 0.111. The van der Waals surface area contributed by atoms with E-state index in [2.05, 4.69) is 17.2 Å². The van der Waals surface area contributed by atoms with E-state index in [0.29, 0.717) is 0 Å². The zero-order valence-corrected chi connectivity index (χ0v) is 13.5. The van der Waals surface area contributed by atoms with E-state index >= 15 is 0 Å². The molecule has 1 amide bonds. The van der Waals surface area contributed by atoms with Crippen molar-refractivity contribution in [1.29, 1.82) is 0 Å². The van der Waals surface area contributed by atoms with Crippen molar-refractivity contribution in [3.8, 4) is 11.8 Å². The molecule has 0 aliphatic carbocycles. The van der Waals surface area contributed by atoms with Crippen molar-refractivity contribution in [2.45, 2.75) is 6.61 Å². The molecule has 2 N–H and O–H groups in total. The van der Waals surface area contributed by atoms with Gasteiger partial charge >= 0.3 is 12.1 Å². The van der Waals surface area contributed by atoms with E-state index < -0.39 is 12.1 Å². The second-order valence-corrected chi connectivity index (χ2v) is 5.57. The minimum Gasteiger partial charge on any atom is -0.478 e. The van der Waals surface area contributed by atoms with Gasteiger partial charge in [0.05, 0.1) is 6.54 Å². The Hall–Kier alpha value is -3.04. The van der Waals surface area contributed by atoms with Gasteiger partial charge in [0, 0.05) is 21.9 Å². The summed E-state index contributed by atoms with van der Waals surface area (Å²) in [6.07, 6.45) is 2.06. The molecule has 0 saturated heterocycles. The summed E-state index contributed by atoms with van der Waals surface area (Å²) >= 11 is 1.40. The van der Waals surface area contributed by atoms with E-state index in [1.54, 1.807) is 6.07 Å². The van der Waals surface area contributed by atoms with Crippen LogP contribution in [0.4, 0.5) is 4.79 Å². The monoisotopic (exact) mass is 341 g/mol. The van der Waals surface area contributed by atoms with Crippen molar-refractivity contribution in [3.63, 3.8) is 0 Å². The van der Waals surface area contributed by atoms with Crippen molar-refractivity contribution in [2.75, 3.05) is 6.54 Å². The van der Waals surface area contributed by atoms with Crippen LogP contribution < -0.4 is 5.32 Å². The summed E-state index contributed by atoms with van der Waals surface area (Å²) in [6.45, 7) is 0.383. The highest BCUT2D eigenvalue weighted by atomic mass is 32.1. The lowest BCUT2D eigenvalue weighted by Gasteiger charge is -2.04. The molecule has 0 radical (unpaired) electrons. The normalized spacial score (nSPS) is 10.0. The molecule has 2 aromatic rings. The smallest absolute Gasteiger partial charge is 0.408 e. The molecule has 0 aliphatic rings. The summed E-state index contributed by atoms with van der Waals surface area (Å²) in [5, 5.41) is 12.9. The van der Waals surface area contributed by atoms with Crippen molar-refractivity contribution in [2.24, 2.45) is 0 Å². The average molecular weight is 341 g/mol. The van der Waals surface area contributed by atoms with Crippen molar-refractivity contribution in [1.82, 2.24) is 5.32 Å². The van der Waals surface area contributed by atoms with Gasteiger partial charge < -0.3 is 15.2 Å². The average Bonchev–Trinajstić information content (AvgIpc) is 3.04. The highest BCUT2D eigenvalue weighted by molar-refractivity contribution is 7.11. The number of carbonyl (C=O) groups excluding carboxylic acids is 1. The molecule has 1 heterocycles. The third kappa shape index (κ3) is 6.38. The number of amides is 1. The third-order valence-electron chi connectivity index (χ3n) is 2.78. The number of thiophene rings is 1. The largest absolute Gasteiger partial charge is 0.478 e. The zero-order chi connectivity index (χ0) is 17.2. The number of ether oxygens (including phenoxy) is 1. The zero-order valence-electron chi connectivity index (χ0n) is 12.7. The molecule has 0 fully saturated rings. The van der Waals surface area contributed by atoms with Crippen LogP contribution in [0.5, 0.6) is 0 Å². The van der Waals surface area contributed by atoms with Crippen LogP contribution in [-0.4, -0.2) is 23.7 Å². The highest BCUT2D eigenvalue weighted by Crippen LogP contribution is 2.15. The van der Waals surface area contributed by atoms with Gasteiger partial charge in [-0.15, -0.1) is 11.3 Å². The third-order valence-corrected chi connectivity index (χ3v) is 3.67. The molecule has 6 heteroatoms. The van der Waals surface area contributed by atoms with Gasteiger partial charge in [0.2, 0.25) is 0 Å². The maximum absolute atomic E-state index is 11.5. The van der Waals surface area contributed by atoms with E-state index in [0.717, 1.165) is 22.1 Å². The van der Waals surface area contributed by atoms with Gasteiger partial charge in [-0.2, -0.15) is 0 Å². The SMILES string of the molecule is O=C(O)/C=C/c1cc(C#CCNC(=O)OCc2ccccc2)cs1. The fourth-order valence-electron chi connectivity index (χ4n) is 1.70. The molecule has 0 spiro atoms. The van der Waals surface area contributed by atoms with E-state index in [1.807, 2.05) is 35.7 Å². The van der Waals surface area contributed by atoms with Gasteiger partial charge in [0.25, 0.3) is 0 Å². The first kappa shape index (κ1) is 17.3. The molecular weight excluding hydrogens is 326 g/mol. The minimum atomic E-state index is -0.991. The number of aliphatic carboxylic acids is 1. The minimum absolute atomic E-state index is 0.170. The van der Waals surface area contributed by atoms with Crippen molar-refractivity contribution in [3.05, 3.63) is 63.9 Å². The van der Waals surface area contributed by atoms with Crippen LogP contribution in [0.2, 0.25) is 0 Å². The summed E-state index contributed by atoms with van der Waals surface area (Å²) in [4.78, 5) is 22.8. The van der Waals surface area contributed by atoms with Crippen molar-refractivity contribution < 1.29 is 19.4 Å². The molecule has 2 rings (SSSR count). The van der Waals surface area contributed by atoms with Gasteiger partial charge in [-0.25, -0.2) is 9.59 Å². The predicted octanol–water partition coefficient (Wildman–Crippen LogP) is 3.12. The van der Waals surface area contributed by atoms with E-state index in [4.69, 9.17) is 9.84 Å². The number of nitrogens with one attached hydrogen (secondary N) is 1. The Morgan fingerprint density at radius 2 is 2.08 bits per heavy atom. The molecule has 1 aromatic heterocycles. The number of carboxylic acid groups (broad SMARTS) is 1. The maximum Gasteiger partial charge on any atom is 0.408 e. The second-order valence-electron chi connectivity index (χ2n) is 4.63. The summed E-state index contributed by atoms with van der Waals surface area (Å²) in [5.74, 6) is 4.71. The van der Waals surface area contributed by atoms with Gasteiger partial charge in [-0.1, -0.05) is 42.2 Å². The lowest BCUT2D eigenvalue weighted by molar-refractivity contribution is -0.131. The van der Waals surface area contributed by atoms with Crippen LogP contribution in [0.25, 0.3) is 6.08 Å². The Morgan fingerprint density at radius 1 is 1.29 bits per heavy atom. The fourth-order valence-corrected chi connectivity index (χ4v) is 2.43.